The number of rotatable bonds is 7. The first-order valence-electron chi connectivity index (χ1n) is 8.40. The van der Waals surface area contributed by atoms with E-state index in [1.54, 1.807) is 42.5 Å². The minimum Gasteiger partial charge on any atom is -0.493 e. The molecule has 0 unspecified atom stereocenters. The molecule has 3 N–H and O–H groups in total. The summed E-state index contributed by atoms with van der Waals surface area (Å²) in [6, 6.07) is 10.6. The number of amides is 1. The average Bonchev–Trinajstić information content (AvgIpc) is 3.14. The Morgan fingerprint density at radius 1 is 1.00 bits per heavy atom. The number of ether oxygens (including phenoxy) is 3. The van der Waals surface area contributed by atoms with E-state index in [0.717, 1.165) is 0 Å². The summed E-state index contributed by atoms with van der Waals surface area (Å²) in [5.41, 5.74) is 1.20. The zero-order chi connectivity index (χ0) is 20.3. The normalized spacial score (nSPS) is 11.7. The van der Waals surface area contributed by atoms with Gasteiger partial charge in [0.25, 0.3) is 5.91 Å². The summed E-state index contributed by atoms with van der Waals surface area (Å²) in [5, 5.41) is 12.7. The van der Waals surface area contributed by atoms with Gasteiger partial charge in [-0.3, -0.25) is 4.79 Å². The van der Waals surface area contributed by atoms with Gasteiger partial charge in [0.1, 0.15) is 5.69 Å². The first-order chi connectivity index (χ1) is 13.5. The molecule has 0 spiro atoms. The van der Waals surface area contributed by atoms with Crippen molar-refractivity contribution in [2.45, 2.75) is 6.04 Å². The maximum absolute atomic E-state index is 12.7. The van der Waals surface area contributed by atoms with Gasteiger partial charge in [-0.1, -0.05) is 30.3 Å². The Balaban J connectivity index is 1.99. The van der Waals surface area contributed by atoms with Gasteiger partial charge >= 0.3 is 5.97 Å². The van der Waals surface area contributed by atoms with Gasteiger partial charge in [-0.2, -0.15) is 0 Å². The molecular weight excluding hydrogens is 364 g/mol. The van der Waals surface area contributed by atoms with Gasteiger partial charge in [0, 0.05) is 5.39 Å². The van der Waals surface area contributed by atoms with Gasteiger partial charge in [0.2, 0.25) is 5.75 Å². The highest BCUT2D eigenvalue weighted by molar-refractivity contribution is 6.02. The maximum Gasteiger partial charge on any atom is 0.330 e. The topological polar surface area (TPSA) is 110 Å². The van der Waals surface area contributed by atoms with E-state index in [9.17, 15) is 14.7 Å². The Morgan fingerprint density at radius 2 is 1.68 bits per heavy atom. The number of aromatic nitrogens is 1. The van der Waals surface area contributed by atoms with Crippen molar-refractivity contribution >= 4 is 22.8 Å². The number of aliphatic carboxylic acids is 1. The third-order valence-corrected chi connectivity index (χ3v) is 4.32. The van der Waals surface area contributed by atoms with Crippen molar-refractivity contribution in [3.8, 4) is 17.2 Å². The Bertz CT molecular complexity index is 1010. The van der Waals surface area contributed by atoms with Crippen LogP contribution in [0.1, 0.15) is 22.1 Å². The van der Waals surface area contributed by atoms with Crippen LogP contribution in [0.15, 0.2) is 42.5 Å². The lowest BCUT2D eigenvalue weighted by molar-refractivity contribution is -0.139. The average molecular weight is 384 g/mol. The number of hydrogen-bond donors (Lipinski definition) is 3. The van der Waals surface area contributed by atoms with Crippen LogP contribution in [-0.4, -0.2) is 43.3 Å². The van der Waals surface area contributed by atoms with Crippen LogP contribution in [0.4, 0.5) is 0 Å². The molecule has 8 nitrogen and oxygen atoms in total. The number of carboxylic acids is 1. The van der Waals surface area contributed by atoms with E-state index in [4.69, 9.17) is 14.2 Å². The van der Waals surface area contributed by atoms with Crippen molar-refractivity contribution < 1.29 is 28.9 Å². The van der Waals surface area contributed by atoms with Crippen LogP contribution in [0.3, 0.4) is 0 Å². The summed E-state index contributed by atoms with van der Waals surface area (Å²) in [5.74, 6) is -0.498. The van der Waals surface area contributed by atoms with Crippen LogP contribution in [0.2, 0.25) is 0 Å². The summed E-state index contributed by atoms with van der Waals surface area (Å²) >= 11 is 0. The fourth-order valence-corrected chi connectivity index (χ4v) is 3.01. The van der Waals surface area contributed by atoms with Gasteiger partial charge in [-0.15, -0.1) is 0 Å². The van der Waals surface area contributed by atoms with Crippen LogP contribution in [0.25, 0.3) is 10.9 Å². The molecule has 0 bridgehead atoms. The van der Waals surface area contributed by atoms with Gasteiger partial charge in [0.05, 0.1) is 26.8 Å². The van der Waals surface area contributed by atoms with E-state index in [2.05, 4.69) is 10.3 Å². The fraction of sp³-hybridized carbons (Fsp3) is 0.200. The van der Waals surface area contributed by atoms with Crippen molar-refractivity contribution in [2.75, 3.05) is 21.3 Å². The number of carbonyl (C=O) groups is 2. The molecule has 3 rings (SSSR count). The molecule has 0 aliphatic carbocycles. The van der Waals surface area contributed by atoms with Crippen LogP contribution >= 0.6 is 0 Å². The molecule has 0 saturated carbocycles. The highest BCUT2D eigenvalue weighted by Crippen LogP contribution is 2.43. The molecule has 1 heterocycles. The van der Waals surface area contributed by atoms with Crippen molar-refractivity contribution in [1.29, 1.82) is 0 Å². The number of nitrogens with one attached hydrogen (secondary N) is 2. The maximum atomic E-state index is 12.7. The molecule has 1 amide bonds. The molecule has 8 heteroatoms. The highest BCUT2D eigenvalue weighted by atomic mass is 16.5. The van der Waals surface area contributed by atoms with Crippen molar-refractivity contribution in [1.82, 2.24) is 10.3 Å². The fourth-order valence-electron chi connectivity index (χ4n) is 3.01. The number of H-pyrrole nitrogens is 1. The van der Waals surface area contributed by atoms with E-state index in [0.29, 0.717) is 33.7 Å². The second-order valence-corrected chi connectivity index (χ2v) is 5.95. The summed E-state index contributed by atoms with van der Waals surface area (Å²) in [6.45, 7) is 0. The number of fused-ring (bicyclic) bond motifs is 1. The Hall–Kier alpha value is -3.68. The van der Waals surface area contributed by atoms with E-state index in [-0.39, 0.29) is 5.69 Å². The van der Waals surface area contributed by atoms with Gasteiger partial charge in [0.15, 0.2) is 17.5 Å². The third kappa shape index (κ3) is 3.44. The molecular formula is C20H20N2O6. The van der Waals surface area contributed by atoms with E-state index < -0.39 is 17.9 Å². The largest absolute Gasteiger partial charge is 0.493 e. The predicted molar refractivity (Wildman–Crippen MR) is 102 cm³/mol. The third-order valence-electron chi connectivity index (χ3n) is 4.32. The van der Waals surface area contributed by atoms with Gasteiger partial charge < -0.3 is 29.6 Å². The van der Waals surface area contributed by atoms with Crippen LogP contribution < -0.4 is 19.5 Å². The molecule has 0 saturated heterocycles. The predicted octanol–water partition coefficient (Wildman–Crippen LogP) is 2.75. The molecule has 3 aromatic rings. The van der Waals surface area contributed by atoms with Gasteiger partial charge in [-0.05, 0) is 17.7 Å². The lowest BCUT2D eigenvalue weighted by Crippen LogP contribution is -2.33. The molecule has 0 aliphatic heterocycles. The number of carboxylic acid groups (broad SMARTS) is 1. The number of hydrogen-bond acceptors (Lipinski definition) is 5. The molecule has 0 aliphatic rings. The van der Waals surface area contributed by atoms with E-state index in [1.165, 1.54) is 21.3 Å². The quantitative estimate of drug-likeness (QED) is 0.578. The number of methoxy groups -OCH3 is 3. The summed E-state index contributed by atoms with van der Waals surface area (Å²) in [6.07, 6.45) is 0. The second-order valence-electron chi connectivity index (χ2n) is 5.95. The Morgan fingerprint density at radius 3 is 2.25 bits per heavy atom. The lowest BCUT2D eigenvalue weighted by atomic mass is 10.1. The number of aromatic amines is 1. The number of carbonyl (C=O) groups excluding carboxylic acids is 1. The molecule has 1 atom stereocenters. The summed E-state index contributed by atoms with van der Waals surface area (Å²) in [4.78, 5) is 27.3. The molecule has 1 aromatic heterocycles. The summed E-state index contributed by atoms with van der Waals surface area (Å²) < 4.78 is 16.1. The highest BCUT2D eigenvalue weighted by Gasteiger charge is 2.25. The minimum absolute atomic E-state index is 0.186. The first-order valence-corrected chi connectivity index (χ1v) is 8.40. The monoisotopic (exact) mass is 384 g/mol. The smallest absolute Gasteiger partial charge is 0.330 e. The molecule has 28 heavy (non-hydrogen) atoms. The van der Waals surface area contributed by atoms with Crippen LogP contribution in [0, 0.1) is 0 Å². The Labute approximate surface area is 161 Å². The number of benzene rings is 2. The zero-order valence-corrected chi connectivity index (χ0v) is 15.6. The molecule has 2 aromatic carbocycles. The Kier molecular flexibility index (Phi) is 5.39. The molecule has 0 radical (unpaired) electrons. The minimum atomic E-state index is -1.17. The standard InChI is InChI=1S/C20H20N2O6/c1-26-14-10-12-9-13(21-15(12)18(28-3)17(14)27-2)19(23)22-16(20(24)25)11-7-5-4-6-8-11/h4-10,16,21H,1-3H3,(H,22,23)(H,24,25)/t16-/m1/s1. The zero-order valence-electron chi connectivity index (χ0n) is 15.6. The lowest BCUT2D eigenvalue weighted by Gasteiger charge is -2.14. The van der Waals surface area contributed by atoms with Crippen molar-refractivity contribution in [3.63, 3.8) is 0 Å². The second kappa shape index (κ2) is 7.91. The molecule has 0 fully saturated rings. The SMILES string of the molecule is COc1cc2cc(C(=O)N[C@@H](C(=O)O)c3ccccc3)[nH]c2c(OC)c1OC. The van der Waals surface area contributed by atoms with Gasteiger partial charge in [-0.25, -0.2) is 4.79 Å². The van der Waals surface area contributed by atoms with E-state index in [1.807, 2.05) is 0 Å². The van der Waals surface area contributed by atoms with Crippen molar-refractivity contribution in [2.24, 2.45) is 0 Å². The summed E-state index contributed by atoms with van der Waals surface area (Å²) in [7, 11) is 4.47. The first kappa shape index (κ1) is 19.1. The molecule has 146 valence electrons. The van der Waals surface area contributed by atoms with Crippen molar-refractivity contribution in [3.05, 3.63) is 53.7 Å². The van der Waals surface area contributed by atoms with E-state index >= 15 is 0 Å². The van der Waals surface area contributed by atoms with Crippen LogP contribution in [-0.2, 0) is 4.79 Å². The van der Waals surface area contributed by atoms with Crippen LogP contribution in [0.5, 0.6) is 17.2 Å².